The van der Waals surface area contributed by atoms with Crippen LogP contribution in [0.3, 0.4) is 0 Å². The maximum absolute atomic E-state index is 12.9. The third kappa shape index (κ3) is 5.73. The van der Waals surface area contributed by atoms with Gasteiger partial charge in [-0.3, -0.25) is 4.99 Å². The van der Waals surface area contributed by atoms with Crippen molar-refractivity contribution in [1.29, 1.82) is 0 Å². The highest BCUT2D eigenvalue weighted by atomic mass is 19.1. The normalized spacial score (nSPS) is 11.5. The van der Waals surface area contributed by atoms with Crippen molar-refractivity contribution >= 4 is 5.96 Å². The molecule has 0 fully saturated rings. The number of halogens is 1. The molecule has 1 heterocycles. The van der Waals surface area contributed by atoms with E-state index < -0.39 is 0 Å². The van der Waals surface area contributed by atoms with Crippen LogP contribution in [0.15, 0.2) is 41.7 Å². The van der Waals surface area contributed by atoms with Crippen LogP contribution in [0.4, 0.5) is 4.39 Å². The van der Waals surface area contributed by atoms with Gasteiger partial charge >= 0.3 is 0 Å². The molecule has 0 saturated carbocycles. The Labute approximate surface area is 136 Å². The summed E-state index contributed by atoms with van der Waals surface area (Å²) in [7, 11) is 1.74. The molecule has 0 aliphatic heterocycles. The SMILES string of the molecule is CN=C(NCCCCn1ccnc1C)NCc1ccc(F)cc1. The van der Waals surface area contributed by atoms with Crippen LogP contribution in [0.2, 0.25) is 0 Å². The van der Waals surface area contributed by atoms with Crippen molar-refractivity contribution in [3.05, 3.63) is 53.9 Å². The highest BCUT2D eigenvalue weighted by molar-refractivity contribution is 5.79. The van der Waals surface area contributed by atoms with E-state index in [1.165, 1.54) is 12.1 Å². The second kappa shape index (κ2) is 8.92. The van der Waals surface area contributed by atoms with Crippen molar-refractivity contribution in [1.82, 2.24) is 20.2 Å². The molecule has 0 radical (unpaired) electrons. The topological polar surface area (TPSA) is 54.2 Å². The Bertz CT molecular complexity index is 618. The minimum absolute atomic E-state index is 0.218. The second-order valence-corrected chi connectivity index (χ2v) is 5.35. The number of unbranched alkanes of at least 4 members (excludes halogenated alkanes) is 1. The van der Waals surface area contributed by atoms with Gasteiger partial charge in [-0.25, -0.2) is 9.37 Å². The molecule has 0 unspecified atom stereocenters. The van der Waals surface area contributed by atoms with Crippen molar-refractivity contribution in [2.24, 2.45) is 4.99 Å². The molecule has 0 aliphatic rings. The Morgan fingerprint density at radius 2 is 2.00 bits per heavy atom. The lowest BCUT2D eigenvalue weighted by molar-refractivity contribution is 0.588. The molecule has 2 rings (SSSR count). The molecule has 2 N–H and O–H groups in total. The van der Waals surface area contributed by atoms with Gasteiger partial charge in [-0.2, -0.15) is 0 Å². The average molecular weight is 317 g/mol. The Morgan fingerprint density at radius 1 is 1.22 bits per heavy atom. The summed E-state index contributed by atoms with van der Waals surface area (Å²) in [5.41, 5.74) is 1.02. The number of hydrogen-bond donors (Lipinski definition) is 2. The van der Waals surface area contributed by atoms with Gasteiger partial charge in [-0.05, 0) is 37.5 Å². The minimum Gasteiger partial charge on any atom is -0.356 e. The van der Waals surface area contributed by atoms with Gasteiger partial charge in [0, 0.05) is 39.1 Å². The van der Waals surface area contributed by atoms with E-state index in [9.17, 15) is 4.39 Å². The largest absolute Gasteiger partial charge is 0.356 e. The summed E-state index contributed by atoms with van der Waals surface area (Å²) in [6.45, 7) is 4.47. The first-order valence-corrected chi connectivity index (χ1v) is 7.86. The van der Waals surface area contributed by atoms with Crippen LogP contribution < -0.4 is 10.6 Å². The van der Waals surface area contributed by atoms with E-state index in [2.05, 4.69) is 25.2 Å². The zero-order valence-electron chi connectivity index (χ0n) is 13.7. The van der Waals surface area contributed by atoms with Crippen molar-refractivity contribution in [3.63, 3.8) is 0 Å². The summed E-state index contributed by atoms with van der Waals surface area (Å²) in [5.74, 6) is 1.59. The third-order valence-electron chi connectivity index (χ3n) is 3.64. The van der Waals surface area contributed by atoms with E-state index in [0.29, 0.717) is 6.54 Å². The summed E-state index contributed by atoms with van der Waals surface area (Å²) < 4.78 is 15.0. The summed E-state index contributed by atoms with van der Waals surface area (Å²) >= 11 is 0. The van der Waals surface area contributed by atoms with Crippen LogP contribution >= 0.6 is 0 Å². The summed E-state index contributed by atoms with van der Waals surface area (Å²) in [5, 5.41) is 6.51. The maximum Gasteiger partial charge on any atom is 0.191 e. The molecule has 124 valence electrons. The maximum atomic E-state index is 12.9. The fraction of sp³-hybridized carbons (Fsp3) is 0.412. The summed E-state index contributed by atoms with van der Waals surface area (Å²) in [6, 6.07) is 6.46. The Morgan fingerprint density at radius 3 is 2.65 bits per heavy atom. The van der Waals surface area contributed by atoms with Crippen molar-refractivity contribution in [2.75, 3.05) is 13.6 Å². The number of aliphatic imine (C=N–C) groups is 1. The smallest absolute Gasteiger partial charge is 0.191 e. The van der Waals surface area contributed by atoms with E-state index in [0.717, 1.165) is 43.3 Å². The van der Waals surface area contributed by atoms with Gasteiger partial charge in [0.15, 0.2) is 5.96 Å². The van der Waals surface area contributed by atoms with Crippen LogP contribution in [-0.2, 0) is 13.1 Å². The van der Waals surface area contributed by atoms with Crippen LogP contribution in [0.1, 0.15) is 24.2 Å². The Hall–Kier alpha value is -2.37. The first-order valence-electron chi connectivity index (χ1n) is 7.86. The number of benzene rings is 1. The highest BCUT2D eigenvalue weighted by Crippen LogP contribution is 2.02. The molecule has 0 amide bonds. The van der Waals surface area contributed by atoms with Crippen LogP contribution in [-0.4, -0.2) is 29.1 Å². The molecular weight excluding hydrogens is 293 g/mol. The molecule has 0 atom stereocenters. The summed E-state index contributed by atoms with van der Waals surface area (Å²) in [4.78, 5) is 8.40. The number of aromatic nitrogens is 2. The standard InChI is InChI=1S/C17H24FN5/c1-14-20-10-12-23(14)11-4-3-9-21-17(19-2)22-13-15-5-7-16(18)8-6-15/h5-8,10,12H,3-4,9,11,13H2,1-2H3,(H2,19,21,22). The van der Waals surface area contributed by atoms with Gasteiger partial charge in [0.1, 0.15) is 11.6 Å². The van der Waals surface area contributed by atoms with E-state index in [1.807, 2.05) is 19.3 Å². The van der Waals surface area contributed by atoms with Crippen LogP contribution in [0.5, 0.6) is 0 Å². The van der Waals surface area contributed by atoms with Crippen molar-refractivity contribution in [2.45, 2.75) is 32.9 Å². The molecule has 1 aromatic carbocycles. The molecular formula is C17H24FN5. The Kier molecular flexibility index (Phi) is 6.59. The van der Waals surface area contributed by atoms with Gasteiger partial charge < -0.3 is 15.2 Å². The lowest BCUT2D eigenvalue weighted by Gasteiger charge is -2.12. The van der Waals surface area contributed by atoms with E-state index >= 15 is 0 Å². The highest BCUT2D eigenvalue weighted by Gasteiger charge is 2.00. The van der Waals surface area contributed by atoms with E-state index in [-0.39, 0.29) is 5.82 Å². The fourth-order valence-electron chi connectivity index (χ4n) is 2.26. The Balaban J connectivity index is 1.63. The lowest BCUT2D eigenvalue weighted by Crippen LogP contribution is -2.37. The quantitative estimate of drug-likeness (QED) is 0.469. The molecule has 1 aromatic heterocycles. The second-order valence-electron chi connectivity index (χ2n) is 5.35. The number of imidazole rings is 1. The lowest BCUT2D eigenvalue weighted by atomic mass is 10.2. The predicted molar refractivity (Wildman–Crippen MR) is 90.8 cm³/mol. The van der Waals surface area contributed by atoms with Gasteiger partial charge in [-0.15, -0.1) is 0 Å². The molecule has 6 heteroatoms. The van der Waals surface area contributed by atoms with Crippen molar-refractivity contribution in [3.8, 4) is 0 Å². The molecule has 0 saturated heterocycles. The first-order chi connectivity index (χ1) is 11.2. The van der Waals surface area contributed by atoms with E-state index in [4.69, 9.17) is 0 Å². The number of nitrogens with zero attached hydrogens (tertiary/aromatic N) is 3. The van der Waals surface area contributed by atoms with Crippen LogP contribution in [0, 0.1) is 12.7 Å². The number of rotatable bonds is 7. The number of nitrogens with one attached hydrogen (secondary N) is 2. The number of aryl methyl sites for hydroxylation is 2. The minimum atomic E-state index is -0.218. The number of guanidine groups is 1. The van der Waals surface area contributed by atoms with Gasteiger partial charge in [-0.1, -0.05) is 12.1 Å². The monoisotopic (exact) mass is 317 g/mol. The van der Waals surface area contributed by atoms with Gasteiger partial charge in [0.2, 0.25) is 0 Å². The fourth-order valence-corrected chi connectivity index (χ4v) is 2.26. The van der Waals surface area contributed by atoms with Crippen molar-refractivity contribution < 1.29 is 4.39 Å². The summed E-state index contributed by atoms with van der Waals surface area (Å²) in [6.07, 6.45) is 5.97. The first kappa shape index (κ1) is 17.0. The predicted octanol–water partition coefficient (Wildman–Crippen LogP) is 2.48. The van der Waals surface area contributed by atoms with Gasteiger partial charge in [0.25, 0.3) is 0 Å². The zero-order valence-corrected chi connectivity index (χ0v) is 13.7. The molecule has 23 heavy (non-hydrogen) atoms. The number of hydrogen-bond acceptors (Lipinski definition) is 2. The van der Waals surface area contributed by atoms with E-state index in [1.54, 1.807) is 19.2 Å². The molecule has 5 nitrogen and oxygen atoms in total. The molecule has 0 bridgehead atoms. The average Bonchev–Trinajstić information content (AvgIpc) is 2.97. The van der Waals surface area contributed by atoms with Crippen LogP contribution in [0.25, 0.3) is 0 Å². The molecule has 2 aromatic rings. The molecule has 0 aliphatic carbocycles. The molecule has 0 spiro atoms. The zero-order chi connectivity index (χ0) is 16.5. The van der Waals surface area contributed by atoms with Gasteiger partial charge in [0.05, 0.1) is 0 Å². The third-order valence-corrected chi connectivity index (χ3v) is 3.64.